The van der Waals surface area contributed by atoms with Crippen LogP contribution in [0, 0.1) is 0 Å². The summed E-state index contributed by atoms with van der Waals surface area (Å²) in [6.45, 7) is 1.68. The summed E-state index contributed by atoms with van der Waals surface area (Å²) < 4.78 is 32.1. The Bertz CT molecular complexity index is 1020. The molecule has 1 aliphatic heterocycles. The number of rotatable bonds is 8. The molecule has 0 spiro atoms. The molecule has 9 heteroatoms. The summed E-state index contributed by atoms with van der Waals surface area (Å²) in [5.41, 5.74) is 0.691. The highest BCUT2D eigenvalue weighted by Gasteiger charge is 2.26. The van der Waals surface area contributed by atoms with Gasteiger partial charge in [0.05, 0.1) is 11.4 Å². The number of carbonyl (C=O) groups excluding carboxylic acids is 1. The predicted molar refractivity (Wildman–Crippen MR) is 118 cm³/mol. The standard InChI is InChI=1S/C21H22Cl2N2O4S/c22-17-5-3-16(20(23)15-17)4-10-21(26)24-11-14-29-18-6-8-19(9-7-18)30(27,28)25-12-1-2-13-25/h3-10,15H,1-2,11-14H2,(H,24,26)/b10-4+. The molecule has 1 fully saturated rings. The highest BCUT2D eigenvalue weighted by atomic mass is 35.5. The quantitative estimate of drug-likeness (QED) is 0.469. The van der Waals surface area contributed by atoms with E-state index in [0.717, 1.165) is 12.8 Å². The lowest BCUT2D eigenvalue weighted by atomic mass is 10.2. The second kappa shape index (κ2) is 10.3. The minimum absolute atomic E-state index is 0.250. The molecule has 0 unspecified atom stereocenters. The number of amides is 1. The van der Waals surface area contributed by atoms with Gasteiger partial charge in [0.2, 0.25) is 15.9 Å². The van der Waals surface area contributed by atoms with Crippen molar-refractivity contribution < 1.29 is 17.9 Å². The zero-order valence-corrected chi connectivity index (χ0v) is 18.5. The zero-order chi connectivity index (χ0) is 21.6. The van der Waals surface area contributed by atoms with Crippen LogP contribution in [0.25, 0.3) is 6.08 Å². The highest BCUT2D eigenvalue weighted by molar-refractivity contribution is 7.89. The van der Waals surface area contributed by atoms with E-state index in [1.807, 2.05) is 0 Å². The van der Waals surface area contributed by atoms with Crippen LogP contribution in [0.2, 0.25) is 10.0 Å². The maximum Gasteiger partial charge on any atom is 0.244 e. The molecule has 1 aliphatic rings. The van der Waals surface area contributed by atoms with Gasteiger partial charge in [0.15, 0.2) is 0 Å². The van der Waals surface area contributed by atoms with Gasteiger partial charge in [0, 0.05) is 29.2 Å². The lowest BCUT2D eigenvalue weighted by Crippen LogP contribution is -2.27. The van der Waals surface area contributed by atoms with E-state index in [0.29, 0.717) is 41.0 Å². The maximum absolute atomic E-state index is 12.5. The van der Waals surface area contributed by atoms with Crippen molar-refractivity contribution in [1.29, 1.82) is 0 Å². The van der Waals surface area contributed by atoms with E-state index in [2.05, 4.69) is 5.32 Å². The van der Waals surface area contributed by atoms with E-state index in [9.17, 15) is 13.2 Å². The Morgan fingerprint density at radius 2 is 1.80 bits per heavy atom. The fraction of sp³-hybridized carbons (Fsp3) is 0.286. The van der Waals surface area contributed by atoms with Crippen molar-refractivity contribution in [3.8, 4) is 5.75 Å². The summed E-state index contributed by atoms with van der Waals surface area (Å²) in [6.07, 6.45) is 4.78. The number of hydrogen-bond acceptors (Lipinski definition) is 4. The number of halogens is 2. The number of nitrogens with one attached hydrogen (secondary N) is 1. The van der Waals surface area contributed by atoms with Crippen molar-refractivity contribution >= 4 is 45.2 Å². The van der Waals surface area contributed by atoms with Gasteiger partial charge in [-0.1, -0.05) is 29.3 Å². The second-order valence-corrected chi connectivity index (χ2v) is 9.50. The Morgan fingerprint density at radius 3 is 2.47 bits per heavy atom. The molecule has 1 amide bonds. The smallest absolute Gasteiger partial charge is 0.244 e. The fourth-order valence-electron chi connectivity index (χ4n) is 2.99. The molecule has 0 saturated carbocycles. The Labute approximate surface area is 186 Å². The number of hydrogen-bond donors (Lipinski definition) is 1. The van der Waals surface area contributed by atoms with Crippen LogP contribution in [0.4, 0.5) is 0 Å². The van der Waals surface area contributed by atoms with Crippen LogP contribution in [0.5, 0.6) is 5.75 Å². The molecular formula is C21H22Cl2N2O4S. The first-order valence-corrected chi connectivity index (χ1v) is 11.7. The van der Waals surface area contributed by atoms with Crippen LogP contribution >= 0.6 is 23.2 Å². The zero-order valence-electron chi connectivity index (χ0n) is 16.2. The molecule has 0 aliphatic carbocycles. The van der Waals surface area contributed by atoms with Crippen molar-refractivity contribution in [1.82, 2.24) is 9.62 Å². The largest absolute Gasteiger partial charge is 0.492 e. The molecular weight excluding hydrogens is 447 g/mol. The molecule has 0 radical (unpaired) electrons. The molecule has 30 heavy (non-hydrogen) atoms. The third-order valence-electron chi connectivity index (χ3n) is 4.57. The van der Waals surface area contributed by atoms with Crippen molar-refractivity contribution in [3.63, 3.8) is 0 Å². The van der Waals surface area contributed by atoms with Gasteiger partial charge in [-0.25, -0.2) is 8.42 Å². The monoisotopic (exact) mass is 468 g/mol. The normalized spacial score (nSPS) is 14.9. The summed E-state index contributed by atoms with van der Waals surface area (Å²) in [4.78, 5) is 12.2. The van der Waals surface area contributed by atoms with Gasteiger partial charge in [-0.05, 0) is 60.9 Å². The van der Waals surface area contributed by atoms with Crippen molar-refractivity contribution in [2.24, 2.45) is 0 Å². The van der Waals surface area contributed by atoms with E-state index in [4.69, 9.17) is 27.9 Å². The number of nitrogens with zero attached hydrogens (tertiary/aromatic N) is 1. The van der Waals surface area contributed by atoms with Crippen molar-refractivity contribution in [3.05, 3.63) is 64.1 Å². The van der Waals surface area contributed by atoms with Gasteiger partial charge in [0.1, 0.15) is 12.4 Å². The Balaban J connectivity index is 1.44. The number of carbonyl (C=O) groups is 1. The van der Waals surface area contributed by atoms with Gasteiger partial charge in [-0.3, -0.25) is 4.79 Å². The highest BCUT2D eigenvalue weighted by Crippen LogP contribution is 2.23. The first-order chi connectivity index (χ1) is 14.4. The molecule has 2 aromatic carbocycles. The van der Waals surface area contributed by atoms with Gasteiger partial charge in [-0.2, -0.15) is 4.31 Å². The van der Waals surface area contributed by atoms with E-state index >= 15 is 0 Å². The topological polar surface area (TPSA) is 75.7 Å². The minimum Gasteiger partial charge on any atom is -0.492 e. The maximum atomic E-state index is 12.5. The third-order valence-corrected chi connectivity index (χ3v) is 7.05. The Morgan fingerprint density at radius 1 is 1.10 bits per heavy atom. The Kier molecular flexibility index (Phi) is 7.77. The molecule has 3 rings (SSSR count). The summed E-state index contributed by atoms with van der Waals surface area (Å²) in [7, 11) is -3.43. The number of benzene rings is 2. The van der Waals surface area contributed by atoms with Crippen molar-refractivity contribution in [2.45, 2.75) is 17.7 Å². The van der Waals surface area contributed by atoms with Gasteiger partial charge >= 0.3 is 0 Å². The average Bonchev–Trinajstić information content (AvgIpc) is 3.27. The van der Waals surface area contributed by atoms with Gasteiger partial charge in [-0.15, -0.1) is 0 Å². The van der Waals surface area contributed by atoms with Crippen LogP contribution in [0.1, 0.15) is 18.4 Å². The molecule has 1 heterocycles. The van der Waals surface area contributed by atoms with Crippen LogP contribution in [0.15, 0.2) is 53.4 Å². The van der Waals surface area contributed by atoms with Crippen LogP contribution in [-0.4, -0.2) is 44.9 Å². The molecule has 1 N–H and O–H groups in total. The molecule has 6 nitrogen and oxygen atoms in total. The molecule has 160 valence electrons. The SMILES string of the molecule is O=C(/C=C/c1ccc(Cl)cc1Cl)NCCOc1ccc(S(=O)(=O)N2CCCC2)cc1. The molecule has 0 bridgehead atoms. The summed E-state index contributed by atoms with van der Waals surface area (Å²) in [6, 6.07) is 11.3. The van der Waals surface area contributed by atoms with E-state index in [-0.39, 0.29) is 17.4 Å². The van der Waals surface area contributed by atoms with E-state index in [1.54, 1.807) is 48.5 Å². The lowest BCUT2D eigenvalue weighted by molar-refractivity contribution is -0.116. The number of sulfonamides is 1. The average molecular weight is 469 g/mol. The van der Waals surface area contributed by atoms with Crippen LogP contribution < -0.4 is 10.1 Å². The lowest BCUT2D eigenvalue weighted by Gasteiger charge is -2.15. The fourth-order valence-corrected chi connectivity index (χ4v) is 4.98. The minimum atomic E-state index is -3.43. The van der Waals surface area contributed by atoms with Gasteiger partial charge < -0.3 is 10.1 Å². The molecule has 0 aromatic heterocycles. The molecule has 1 saturated heterocycles. The summed E-state index contributed by atoms with van der Waals surface area (Å²) in [5.74, 6) is 0.254. The predicted octanol–water partition coefficient (Wildman–Crippen LogP) is 3.99. The first kappa shape index (κ1) is 22.6. The summed E-state index contributed by atoms with van der Waals surface area (Å²) in [5, 5.41) is 3.70. The Hall–Kier alpha value is -2.06. The van der Waals surface area contributed by atoms with Gasteiger partial charge in [0.25, 0.3) is 0 Å². The second-order valence-electron chi connectivity index (χ2n) is 6.72. The number of ether oxygens (including phenoxy) is 1. The van der Waals surface area contributed by atoms with Crippen molar-refractivity contribution in [2.75, 3.05) is 26.2 Å². The molecule has 2 aromatic rings. The third kappa shape index (κ3) is 5.98. The van der Waals surface area contributed by atoms with E-state index in [1.165, 1.54) is 10.4 Å². The first-order valence-electron chi connectivity index (χ1n) is 9.50. The van der Waals surface area contributed by atoms with Crippen LogP contribution in [-0.2, 0) is 14.8 Å². The van der Waals surface area contributed by atoms with Crippen LogP contribution in [0.3, 0.4) is 0 Å². The summed E-state index contributed by atoms with van der Waals surface area (Å²) >= 11 is 11.9. The van der Waals surface area contributed by atoms with E-state index < -0.39 is 10.0 Å². The molecule has 0 atom stereocenters.